The van der Waals surface area contributed by atoms with Crippen LogP contribution in [0.3, 0.4) is 0 Å². The molecule has 0 fully saturated rings. The molecule has 3 aromatic carbocycles. The third-order valence-electron chi connectivity index (χ3n) is 6.32. The number of esters is 1. The topological polar surface area (TPSA) is 78.3 Å². The van der Waals surface area contributed by atoms with Gasteiger partial charge in [-0.05, 0) is 60.4 Å². The molecule has 0 amide bonds. The first-order valence-corrected chi connectivity index (χ1v) is 14.6. The van der Waals surface area contributed by atoms with Gasteiger partial charge in [-0.3, -0.25) is 0 Å². The Balaban J connectivity index is 1.41. The molecule has 0 aliphatic carbocycles. The number of rotatable bonds is 10. The van der Waals surface area contributed by atoms with Gasteiger partial charge in [0.25, 0.3) is 0 Å². The second-order valence-electron chi connectivity index (χ2n) is 9.23. The number of nitrogens with zero attached hydrogens (tertiary/aromatic N) is 3. The molecule has 40 heavy (non-hydrogen) atoms. The number of nitrogens with one attached hydrogen (secondary N) is 1. The maximum Gasteiger partial charge on any atom is 0.338 e. The number of halogens is 2. The molecule has 10 heteroatoms. The standard InChI is InChI=1S/C30H28Cl2N4O3S/c1-3-16-38-28(37)26-19(2)33-29-34-30(40-18-22-6-4-5-7-25(22)32)35-36(29)27(26)21-10-14-24(15-11-21)39-17-20-8-12-23(31)13-9-20/h4-15,27H,3,16-18H2,1-2H3,(H,33,34,35). The Kier molecular flexibility index (Phi) is 8.99. The largest absolute Gasteiger partial charge is 0.489 e. The first kappa shape index (κ1) is 28.1. The summed E-state index contributed by atoms with van der Waals surface area (Å²) in [6, 6.07) is 22.4. The number of ether oxygens (including phenoxy) is 2. The molecule has 0 radical (unpaired) electrons. The van der Waals surface area contributed by atoms with E-state index < -0.39 is 6.04 Å². The van der Waals surface area contributed by atoms with Crippen molar-refractivity contribution in [2.75, 3.05) is 11.9 Å². The number of hydrogen-bond donors (Lipinski definition) is 1. The van der Waals surface area contributed by atoms with E-state index in [1.807, 2.05) is 86.6 Å². The van der Waals surface area contributed by atoms with E-state index in [9.17, 15) is 4.79 Å². The molecule has 1 N–H and O–H groups in total. The zero-order valence-electron chi connectivity index (χ0n) is 22.1. The lowest BCUT2D eigenvalue weighted by Crippen LogP contribution is -2.29. The van der Waals surface area contributed by atoms with E-state index in [-0.39, 0.29) is 5.97 Å². The van der Waals surface area contributed by atoms with Crippen molar-refractivity contribution >= 4 is 46.9 Å². The molecule has 2 heterocycles. The van der Waals surface area contributed by atoms with Gasteiger partial charge in [0.1, 0.15) is 18.4 Å². The number of fused-ring (bicyclic) bond motifs is 1. The Bertz CT molecular complexity index is 1520. The highest BCUT2D eigenvalue weighted by Gasteiger charge is 2.35. The Morgan fingerprint density at radius 1 is 1.05 bits per heavy atom. The van der Waals surface area contributed by atoms with Crippen LogP contribution in [0.15, 0.2) is 89.2 Å². The van der Waals surface area contributed by atoms with Crippen LogP contribution in [-0.2, 0) is 21.9 Å². The average Bonchev–Trinajstić information content (AvgIpc) is 3.37. The number of allylic oxidation sites excluding steroid dienone is 1. The summed E-state index contributed by atoms with van der Waals surface area (Å²) in [4.78, 5) is 17.9. The molecular formula is C30H28Cl2N4O3S. The molecular weight excluding hydrogens is 567 g/mol. The normalized spacial score (nSPS) is 14.4. The van der Waals surface area contributed by atoms with Crippen molar-refractivity contribution in [1.29, 1.82) is 0 Å². The summed E-state index contributed by atoms with van der Waals surface area (Å²) in [6.07, 6.45) is 0.729. The minimum atomic E-state index is -0.520. The molecule has 4 aromatic rings. The molecule has 7 nitrogen and oxygen atoms in total. The number of thioether (sulfide) groups is 1. The SMILES string of the molecule is CCCOC(=O)C1=C(C)Nc2nc(SCc3ccccc3Cl)nn2C1c1ccc(OCc2ccc(Cl)cc2)cc1. The molecule has 0 saturated carbocycles. The highest BCUT2D eigenvalue weighted by Crippen LogP contribution is 2.38. The lowest BCUT2D eigenvalue weighted by molar-refractivity contribution is -0.139. The number of carbonyl (C=O) groups excluding carboxylic acids is 1. The quantitative estimate of drug-likeness (QED) is 0.149. The molecule has 1 aromatic heterocycles. The van der Waals surface area contributed by atoms with Crippen LogP contribution in [0.4, 0.5) is 5.95 Å². The number of hydrogen-bond acceptors (Lipinski definition) is 7. The number of aromatic nitrogens is 3. The zero-order valence-corrected chi connectivity index (χ0v) is 24.4. The lowest BCUT2D eigenvalue weighted by atomic mass is 9.96. The highest BCUT2D eigenvalue weighted by atomic mass is 35.5. The van der Waals surface area contributed by atoms with Crippen LogP contribution in [0.25, 0.3) is 0 Å². The van der Waals surface area contributed by atoms with Crippen LogP contribution in [0.5, 0.6) is 5.75 Å². The molecule has 1 aliphatic rings. The molecule has 0 bridgehead atoms. The minimum absolute atomic E-state index is 0.336. The average molecular weight is 596 g/mol. The second-order valence-corrected chi connectivity index (χ2v) is 11.0. The molecule has 206 valence electrons. The minimum Gasteiger partial charge on any atom is -0.489 e. The zero-order chi connectivity index (χ0) is 28.1. The molecule has 0 spiro atoms. The monoisotopic (exact) mass is 594 g/mol. The predicted molar refractivity (Wildman–Crippen MR) is 159 cm³/mol. The van der Waals surface area contributed by atoms with Gasteiger partial charge in [0.15, 0.2) is 0 Å². The number of carbonyl (C=O) groups is 1. The Morgan fingerprint density at radius 2 is 1.80 bits per heavy atom. The van der Waals surface area contributed by atoms with Crippen molar-refractivity contribution in [3.63, 3.8) is 0 Å². The van der Waals surface area contributed by atoms with E-state index >= 15 is 0 Å². The first-order chi connectivity index (χ1) is 19.4. The Hall–Kier alpha value is -3.46. The maximum atomic E-state index is 13.2. The van der Waals surface area contributed by atoms with Gasteiger partial charge in [0, 0.05) is 21.5 Å². The fraction of sp³-hybridized carbons (Fsp3) is 0.233. The summed E-state index contributed by atoms with van der Waals surface area (Å²) in [7, 11) is 0. The summed E-state index contributed by atoms with van der Waals surface area (Å²) in [5.74, 6) is 1.49. The van der Waals surface area contributed by atoms with Crippen molar-refractivity contribution in [1.82, 2.24) is 14.8 Å². The van der Waals surface area contributed by atoms with Gasteiger partial charge in [-0.2, -0.15) is 4.98 Å². The molecule has 1 atom stereocenters. The van der Waals surface area contributed by atoms with Crippen LogP contribution >= 0.6 is 35.0 Å². The second kappa shape index (κ2) is 12.8. The van der Waals surface area contributed by atoms with Gasteiger partial charge in [-0.1, -0.05) is 84.4 Å². The van der Waals surface area contributed by atoms with Crippen LogP contribution < -0.4 is 10.1 Å². The fourth-order valence-corrected chi connectivity index (χ4v) is 5.53. The van der Waals surface area contributed by atoms with E-state index in [0.29, 0.717) is 57.1 Å². The molecule has 5 rings (SSSR count). The van der Waals surface area contributed by atoms with E-state index in [0.717, 1.165) is 23.1 Å². The van der Waals surface area contributed by atoms with Gasteiger partial charge >= 0.3 is 5.97 Å². The van der Waals surface area contributed by atoms with E-state index in [2.05, 4.69) is 5.32 Å². The maximum absolute atomic E-state index is 13.2. The summed E-state index contributed by atoms with van der Waals surface area (Å²) in [5, 5.41) is 9.99. The third-order valence-corrected chi connectivity index (χ3v) is 7.83. The summed E-state index contributed by atoms with van der Waals surface area (Å²) >= 11 is 13.8. The van der Waals surface area contributed by atoms with E-state index in [1.54, 1.807) is 4.68 Å². The predicted octanol–water partition coefficient (Wildman–Crippen LogP) is 7.70. The number of anilines is 1. The van der Waals surface area contributed by atoms with Gasteiger partial charge in [-0.15, -0.1) is 5.10 Å². The molecule has 0 saturated heterocycles. The lowest BCUT2D eigenvalue weighted by Gasteiger charge is -2.28. The van der Waals surface area contributed by atoms with Crippen molar-refractivity contribution in [3.8, 4) is 5.75 Å². The van der Waals surface area contributed by atoms with Crippen LogP contribution in [0.1, 0.15) is 43.0 Å². The highest BCUT2D eigenvalue weighted by molar-refractivity contribution is 7.98. The van der Waals surface area contributed by atoms with E-state index in [4.69, 9.17) is 42.8 Å². The third kappa shape index (κ3) is 6.46. The van der Waals surface area contributed by atoms with Crippen molar-refractivity contribution < 1.29 is 14.3 Å². The van der Waals surface area contributed by atoms with Gasteiger partial charge in [0.2, 0.25) is 11.1 Å². The summed E-state index contributed by atoms with van der Waals surface area (Å²) < 4.78 is 13.3. The van der Waals surface area contributed by atoms with E-state index in [1.165, 1.54) is 11.8 Å². The number of benzene rings is 3. The van der Waals surface area contributed by atoms with Gasteiger partial charge in [-0.25, -0.2) is 9.48 Å². The van der Waals surface area contributed by atoms with Crippen LogP contribution in [0.2, 0.25) is 10.0 Å². The smallest absolute Gasteiger partial charge is 0.338 e. The van der Waals surface area contributed by atoms with Crippen LogP contribution in [0, 0.1) is 0 Å². The van der Waals surface area contributed by atoms with Gasteiger partial charge in [0.05, 0.1) is 12.2 Å². The Morgan fingerprint density at radius 3 is 2.52 bits per heavy atom. The fourth-order valence-electron chi connectivity index (χ4n) is 4.29. The summed E-state index contributed by atoms with van der Waals surface area (Å²) in [5.41, 5.74) is 4.04. The molecule has 1 aliphatic heterocycles. The first-order valence-electron chi connectivity index (χ1n) is 12.9. The van der Waals surface area contributed by atoms with Crippen molar-refractivity contribution in [2.24, 2.45) is 0 Å². The van der Waals surface area contributed by atoms with Crippen molar-refractivity contribution in [2.45, 2.75) is 43.8 Å². The van der Waals surface area contributed by atoms with Crippen molar-refractivity contribution in [3.05, 3.63) is 111 Å². The van der Waals surface area contributed by atoms with Crippen LogP contribution in [-0.4, -0.2) is 27.3 Å². The summed E-state index contributed by atoms with van der Waals surface area (Å²) in [6.45, 7) is 4.57. The Labute approximate surface area is 247 Å². The van der Waals surface area contributed by atoms with Gasteiger partial charge < -0.3 is 14.8 Å². The molecule has 1 unspecified atom stereocenters.